The third-order valence-corrected chi connectivity index (χ3v) is 10.3. The van der Waals surface area contributed by atoms with Crippen LogP contribution in [-0.4, -0.2) is 61.9 Å². The first-order chi connectivity index (χ1) is 26.4. The molecule has 4 aromatic rings. The number of benzene rings is 4. The van der Waals surface area contributed by atoms with Crippen LogP contribution >= 0.6 is 0 Å². The van der Waals surface area contributed by atoms with Crippen LogP contribution < -0.4 is 111 Å². The minimum atomic E-state index is -5.49. The topological polar surface area (TPSA) is 317 Å². The summed E-state index contributed by atoms with van der Waals surface area (Å²) in [4.78, 5) is 21.8. The summed E-state index contributed by atoms with van der Waals surface area (Å²) in [6.45, 7) is 0. The number of carbonyl (C=O) groups is 2. The SMILES string of the molecule is Nc1c(N=Nc2ccc(Nc3ccc(NN=C4C=CC(=O)C=C4)cc3)c(S(=O)(=O)[O-])c2)c(S(=O)(=O)[O-])cc2c1C(=O)C(=NNc1ccccc1)C(S(=O)(=O)[O-])=C2.[Na+].[Na+].[Na+]. The molecule has 5 N–H and O–H groups in total. The summed E-state index contributed by atoms with van der Waals surface area (Å²) < 4.78 is 110. The number of ketones is 2. The Kier molecular flexibility index (Phi) is 17.0. The molecule has 286 valence electrons. The third kappa shape index (κ3) is 12.2. The molecule has 0 aromatic heterocycles. The summed E-state index contributed by atoms with van der Waals surface area (Å²) in [6.07, 6.45) is 6.36. The number of hydrogen-bond acceptors (Lipinski definition) is 19. The fourth-order valence-corrected chi connectivity index (χ4v) is 7.10. The zero-order valence-corrected chi connectivity index (χ0v) is 39.4. The van der Waals surface area contributed by atoms with Crippen molar-refractivity contribution in [3.63, 3.8) is 0 Å². The fourth-order valence-electron chi connectivity index (χ4n) is 5.14. The van der Waals surface area contributed by atoms with E-state index in [1.54, 1.807) is 30.3 Å². The van der Waals surface area contributed by atoms with Crippen molar-refractivity contribution in [3.8, 4) is 0 Å². The number of hydrogen-bond donors (Lipinski definition) is 4. The molecule has 0 amide bonds. The first-order valence-electron chi connectivity index (χ1n) is 15.5. The number of nitrogens with one attached hydrogen (secondary N) is 3. The molecule has 2 aliphatic carbocycles. The molecule has 0 saturated carbocycles. The van der Waals surface area contributed by atoms with Gasteiger partial charge >= 0.3 is 88.7 Å². The van der Waals surface area contributed by atoms with Crippen LogP contribution in [0, 0.1) is 0 Å². The number of nitrogen functional groups attached to an aromatic ring is 1. The van der Waals surface area contributed by atoms with Gasteiger partial charge in [0.25, 0.3) is 0 Å². The monoisotopic (exact) mass is 884 g/mol. The van der Waals surface area contributed by atoms with Crippen LogP contribution in [0.25, 0.3) is 6.08 Å². The van der Waals surface area contributed by atoms with Crippen molar-refractivity contribution in [1.29, 1.82) is 0 Å². The maximum Gasteiger partial charge on any atom is 1.00 e. The van der Waals surface area contributed by atoms with E-state index in [1.165, 1.54) is 54.6 Å². The second kappa shape index (κ2) is 20.2. The molecule has 6 rings (SSSR count). The van der Waals surface area contributed by atoms with Crippen molar-refractivity contribution in [2.45, 2.75) is 9.79 Å². The molecule has 25 heteroatoms. The molecule has 0 fully saturated rings. The van der Waals surface area contributed by atoms with Gasteiger partial charge in [-0.1, -0.05) is 18.2 Å². The van der Waals surface area contributed by atoms with Crippen LogP contribution in [0.15, 0.2) is 138 Å². The summed E-state index contributed by atoms with van der Waals surface area (Å²) >= 11 is 0. The molecule has 59 heavy (non-hydrogen) atoms. The zero-order valence-electron chi connectivity index (χ0n) is 31.0. The molecular formula is C34H23N8Na3O11S3. The summed E-state index contributed by atoms with van der Waals surface area (Å²) in [5.41, 5.74) is 8.83. The van der Waals surface area contributed by atoms with Gasteiger partial charge < -0.3 is 24.7 Å². The molecule has 2 aliphatic rings. The van der Waals surface area contributed by atoms with Gasteiger partial charge in [-0.05, 0) is 96.6 Å². The maximum atomic E-state index is 13.6. The van der Waals surface area contributed by atoms with Gasteiger partial charge in [0.05, 0.1) is 54.4 Å². The van der Waals surface area contributed by atoms with Crippen molar-refractivity contribution in [2.75, 3.05) is 21.9 Å². The largest absolute Gasteiger partial charge is 1.00 e. The number of hydrazone groups is 2. The van der Waals surface area contributed by atoms with Crippen molar-refractivity contribution >= 4 is 99.2 Å². The van der Waals surface area contributed by atoms with Crippen LogP contribution in [0.3, 0.4) is 0 Å². The second-order valence-corrected chi connectivity index (χ2v) is 15.6. The normalized spacial score (nSPS) is 14.4. The van der Waals surface area contributed by atoms with Crippen molar-refractivity contribution in [3.05, 3.63) is 119 Å². The summed E-state index contributed by atoms with van der Waals surface area (Å²) in [7, 11) is -16.1. The van der Waals surface area contributed by atoms with Gasteiger partial charge in [0.1, 0.15) is 41.8 Å². The van der Waals surface area contributed by atoms with Crippen LogP contribution in [0.4, 0.5) is 39.8 Å². The molecule has 0 unspecified atom stereocenters. The minimum absolute atomic E-state index is 0. The molecule has 0 spiro atoms. The summed E-state index contributed by atoms with van der Waals surface area (Å²) in [5.74, 6) is -1.43. The smallest absolute Gasteiger partial charge is 0.744 e. The second-order valence-electron chi connectivity index (χ2n) is 11.5. The van der Waals surface area contributed by atoms with E-state index in [2.05, 4.69) is 36.6 Å². The summed E-state index contributed by atoms with van der Waals surface area (Å²) in [5, 5.41) is 18.2. The minimum Gasteiger partial charge on any atom is -0.744 e. The van der Waals surface area contributed by atoms with E-state index < -0.39 is 79.0 Å². The first-order valence-corrected chi connectivity index (χ1v) is 19.8. The quantitative estimate of drug-likeness (QED) is 0.0275. The van der Waals surface area contributed by atoms with E-state index in [4.69, 9.17) is 5.73 Å². The molecule has 0 aliphatic heterocycles. The average molecular weight is 885 g/mol. The first kappa shape index (κ1) is 49.7. The van der Waals surface area contributed by atoms with Gasteiger partial charge in [0.2, 0.25) is 5.78 Å². The average Bonchev–Trinajstić information content (AvgIpc) is 3.13. The molecule has 0 saturated heterocycles. The van der Waals surface area contributed by atoms with E-state index >= 15 is 0 Å². The van der Waals surface area contributed by atoms with Gasteiger partial charge in [-0.25, -0.2) is 25.3 Å². The number of Topliss-reactive ketones (excluding diaryl/α,β-unsaturated/α-hetero) is 1. The molecule has 0 radical (unpaired) electrons. The van der Waals surface area contributed by atoms with Gasteiger partial charge in [-0.3, -0.25) is 20.4 Å². The van der Waals surface area contributed by atoms with Crippen LogP contribution in [0.5, 0.6) is 0 Å². The standard InChI is InChI=1S/C34H26N8O11S3.3Na/c35-31-30-19(17-29(56(51,52)53)33(34(30)44)42-39-21-4-2-1-3-5-21)16-28(55(48,49)50)32(31)41-40-24-12-15-26(27(18-24)54(45,46)47)36-20-6-8-22(9-7-20)37-38-23-10-13-25(43)14-11-23;;;/h1-18,36-37,39H,35H2,(H,45,46,47)(H,48,49,50)(H,51,52,53);;;/q;3*+1/p-3. The predicted octanol–water partition coefficient (Wildman–Crippen LogP) is -4.74. The van der Waals surface area contributed by atoms with E-state index in [0.717, 1.165) is 12.1 Å². The number of rotatable bonds is 11. The van der Waals surface area contributed by atoms with Gasteiger partial charge in [-0.2, -0.15) is 15.3 Å². The van der Waals surface area contributed by atoms with E-state index in [9.17, 15) is 48.5 Å². The van der Waals surface area contributed by atoms with Crippen LogP contribution in [-0.2, 0) is 35.1 Å². The number of azo groups is 1. The van der Waals surface area contributed by atoms with Gasteiger partial charge in [0, 0.05) is 5.69 Å². The predicted molar refractivity (Wildman–Crippen MR) is 201 cm³/mol. The Balaban J connectivity index is 0.00000310. The third-order valence-electron chi connectivity index (χ3n) is 7.72. The van der Waals surface area contributed by atoms with E-state index in [-0.39, 0.29) is 106 Å². The van der Waals surface area contributed by atoms with Crippen LogP contribution in [0.1, 0.15) is 15.9 Å². The number of carbonyl (C=O) groups excluding carboxylic acids is 2. The zero-order chi connectivity index (χ0) is 40.4. The Morgan fingerprint density at radius 1 is 0.610 bits per heavy atom. The van der Waals surface area contributed by atoms with Crippen molar-refractivity contribution in [1.82, 2.24) is 0 Å². The van der Waals surface area contributed by atoms with Crippen molar-refractivity contribution in [2.24, 2.45) is 20.4 Å². The summed E-state index contributed by atoms with van der Waals surface area (Å²) in [6, 6.07) is 17.8. The number of nitrogens with zero attached hydrogens (tertiary/aromatic N) is 4. The van der Waals surface area contributed by atoms with E-state index in [0.29, 0.717) is 34.9 Å². The van der Waals surface area contributed by atoms with Crippen LogP contribution in [0.2, 0.25) is 0 Å². The Labute approximate surface area is 403 Å². The number of fused-ring (bicyclic) bond motifs is 1. The Bertz CT molecular complexity index is 2830. The van der Waals surface area contributed by atoms with Gasteiger partial charge in [-0.15, -0.1) is 5.11 Å². The van der Waals surface area contributed by atoms with E-state index in [1.807, 2.05) is 0 Å². The molecule has 19 nitrogen and oxygen atoms in total. The number of nitrogens with two attached hydrogens (primary N) is 1. The molecule has 0 bridgehead atoms. The van der Waals surface area contributed by atoms with Crippen molar-refractivity contribution < 1.29 is 137 Å². The molecule has 4 aromatic carbocycles. The fraction of sp³-hybridized carbons (Fsp3) is 0. The molecule has 0 heterocycles. The Morgan fingerprint density at radius 3 is 1.78 bits per heavy atom. The molecular weight excluding hydrogens is 862 g/mol. The number of allylic oxidation sites excluding steroid dienone is 5. The van der Waals surface area contributed by atoms with Gasteiger partial charge in [0.15, 0.2) is 5.78 Å². The Morgan fingerprint density at radius 2 is 1.19 bits per heavy atom. The number of anilines is 5. The molecule has 0 atom stereocenters. The number of para-hydroxylation sites is 1. The Hall–Kier alpha value is -3.69. The maximum absolute atomic E-state index is 13.6.